The number of carbonyl (C=O) groups is 9. The Morgan fingerprint density at radius 2 is 1.26 bits per heavy atom. The van der Waals surface area contributed by atoms with Gasteiger partial charge in [0.15, 0.2) is 17.3 Å². The van der Waals surface area contributed by atoms with E-state index in [1.54, 1.807) is 28.4 Å². The number of imide groups is 1. The van der Waals surface area contributed by atoms with Crippen LogP contribution in [-0.4, -0.2) is 97.7 Å². The Balaban J connectivity index is 0.000000175. The van der Waals surface area contributed by atoms with Crippen LogP contribution < -0.4 is 10.6 Å². The van der Waals surface area contributed by atoms with E-state index in [0.29, 0.717) is 54.8 Å². The van der Waals surface area contributed by atoms with E-state index in [0.717, 1.165) is 21.6 Å². The number of ketones is 5. The molecule has 15 heteroatoms. The lowest BCUT2D eigenvalue weighted by atomic mass is 9.77. The van der Waals surface area contributed by atoms with Gasteiger partial charge in [-0.2, -0.15) is 0 Å². The molecule has 410 valence electrons. The lowest BCUT2D eigenvalue weighted by Crippen LogP contribution is -2.52. The second-order valence-electron chi connectivity index (χ2n) is 23.5. The smallest absolute Gasteiger partial charge is 0.262 e. The van der Waals surface area contributed by atoms with Gasteiger partial charge >= 0.3 is 0 Å². The fourth-order valence-corrected chi connectivity index (χ4v) is 12.4. The summed E-state index contributed by atoms with van der Waals surface area (Å²) in [5.41, 5.74) is 7.68. The second kappa shape index (κ2) is 24.2. The Morgan fingerprint density at radius 3 is 1.81 bits per heavy atom. The maximum atomic E-state index is 13.6. The van der Waals surface area contributed by atoms with Crippen molar-refractivity contribution < 1.29 is 48.3 Å². The summed E-state index contributed by atoms with van der Waals surface area (Å²) in [5.74, 6) is -2.16. The van der Waals surface area contributed by atoms with E-state index in [4.69, 9.17) is 0 Å². The van der Waals surface area contributed by atoms with Crippen molar-refractivity contribution in [1.29, 1.82) is 0 Å². The zero-order chi connectivity index (χ0) is 56.4. The van der Waals surface area contributed by atoms with Crippen LogP contribution in [0.25, 0.3) is 10.4 Å². The highest BCUT2D eigenvalue weighted by Crippen LogP contribution is 2.39. The molecular weight excluding hydrogens is 993 g/mol. The monoisotopic (exact) mass is 1070 g/mol. The molecule has 5 aliphatic rings. The first-order chi connectivity index (χ1) is 36.3. The standard InChI is InChI=1S/C28H40N2O3S.C17H17NO4.C17H19NO3/c1-16(2)29-26(28(5,6)7)24(32)22-14-21(31)15-23(22)27(33)30-18(4)19-8-10-20(11-9-19)25-17(3)12-13-34-25;1-9(2)11-4-3-5-12-15(11)17(22)18(16(12)21)13-7-6-10(19)8-14(13)20;1-10(2)12-4-3-5-13-14(12)9-18(17(13)21)15-7-6-11(19)8-16(15)20/h8-13,16,18,21-23,26,29,31H,14-15H2,1-7H3,(H,30,33);3-5,9,13H,6-8H2,1-2H3;3-5,10,15H,6-9H2,1-2H3/t18-,21-,22?,23+,26-;;/m0../s1. The van der Waals surface area contributed by atoms with Crippen LogP contribution >= 0.6 is 11.3 Å². The Bertz CT molecular complexity index is 2950. The van der Waals surface area contributed by atoms with Crippen molar-refractivity contribution >= 4 is 63.9 Å². The highest BCUT2D eigenvalue weighted by atomic mass is 32.1. The molecule has 2 aliphatic heterocycles. The number of amides is 4. The highest BCUT2D eigenvalue weighted by molar-refractivity contribution is 7.13. The van der Waals surface area contributed by atoms with Gasteiger partial charge in [-0.25, -0.2) is 0 Å². The number of hydrogen-bond donors (Lipinski definition) is 3. The molecule has 77 heavy (non-hydrogen) atoms. The Kier molecular flexibility index (Phi) is 18.3. The van der Waals surface area contributed by atoms with E-state index in [2.05, 4.69) is 55.0 Å². The average Bonchev–Trinajstić information content (AvgIpc) is 4.14. The van der Waals surface area contributed by atoms with Gasteiger partial charge in [0.1, 0.15) is 11.6 Å². The van der Waals surface area contributed by atoms with Crippen LogP contribution in [0.4, 0.5) is 0 Å². The quantitative estimate of drug-likeness (QED) is 0.0900. The number of aryl methyl sites for hydroxylation is 1. The summed E-state index contributed by atoms with van der Waals surface area (Å²) >= 11 is 1.72. The predicted molar refractivity (Wildman–Crippen MR) is 297 cm³/mol. The molecule has 7 atom stereocenters. The summed E-state index contributed by atoms with van der Waals surface area (Å²) in [6, 6.07) is 19.8. The van der Waals surface area contributed by atoms with E-state index in [1.807, 2.05) is 91.8 Å². The number of nitrogens with zero attached hydrogens (tertiary/aromatic N) is 2. The van der Waals surface area contributed by atoms with Gasteiger partial charge in [0.05, 0.1) is 60.2 Å². The van der Waals surface area contributed by atoms with E-state index in [9.17, 15) is 48.3 Å². The van der Waals surface area contributed by atoms with Crippen LogP contribution in [0.1, 0.15) is 197 Å². The number of thiophene rings is 1. The number of rotatable bonds is 12. The lowest BCUT2D eigenvalue weighted by molar-refractivity contribution is -0.135. The normalized spacial score (nSPS) is 22.2. The third kappa shape index (κ3) is 12.8. The van der Waals surface area contributed by atoms with Gasteiger partial charge < -0.3 is 20.6 Å². The predicted octanol–water partition coefficient (Wildman–Crippen LogP) is 9.82. The van der Waals surface area contributed by atoms with Gasteiger partial charge in [-0.3, -0.25) is 48.1 Å². The maximum absolute atomic E-state index is 13.6. The number of nitrogens with one attached hydrogen (secondary N) is 2. The number of aliphatic hydroxyl groups is 1. The number of Topliss-reactive ketones (excluding diaryl/α,β-unsaturated/α-hetero) is 5. The minimum Gasteiger partial charge on any atom is -0.393 e. The molecule has 3 unspecified atom stereocenters. The summed E-state index contributed by atoms with van der Waals surface area (Å²) in [7, 11) is 0. The molecule has 3 aromatic carbocycles. The molecule has 9 rings (SSSR count). The van der Waals surface area contributed by atoms with Crippen molar-refractivity contribution in [1.82, 2.24) is 20.4 Å². The van der Waals surface area contributed by atoms with Crippen molar-refractivity contribution in [3.8, 4) is 10.4 Å². The summed E-state index contributed by atoms with van der Waals surface area (Å²) in [6.45, 7) is 22.8. The molecule has 0 spiro atoms. The molecular formula is C62H76N4O10S. The molecule has 3 heterocycles. The minimum absolute atomic E-state index is 0.0109. The molecule has 14 nitrogen and oxygen atoms in total. The van der Waals surface area contributed by atoms with Crippen molar-refractivity contribution in [3.05, 3.63) is 117 Å². The third-order valence-corrected chi connectivity index (χ3v) is 16.7. The van der Waals surface area contributed by atoms with Crippen LogP contribution in [0.2, 0.25) is 0 Å². The molecule has 3 N–H and O–H groups in total. The molecule has 0 radical (unpaired) electrons. The van der Waals surface area contributed by atoms with Crippen molar-refractivity contribution in [2.75, 3.05) is 0 Å². The zero-order valence-electron chi connectivity index (χ0n) is 46.5. The van der Waals surface area contributed by atoms with Crippen LogP contribution in [-0.2, 0) is 35.3 Å². The summed E-state index contributed by atoms with van der Waals surface area (Å²) in [4.78, 5) is 116. The van der Waals surface area contributed by atoms with Gasteiger partial charge in [0, 0.05) is 41.8 Å². The van der Waals surface area contributed by atoms with Crippen molar-refractivity contribution in [2.24, 2.45) is 17.3 Å². The highest BCUT2D eigenvalue weighted by Gasteiger charge is 2.48. The van der Waals surface area contributed by atoms with E-state index in [-0.39, 0.29) is 95.9 Å². The topological polar surface area (TPSA) is 204 Å². The van der Waals surface area contributed by atoms with E-state index in [1.165, 1.54) is 21.6 Å². The minimum atomic E-state index is -0.801. The van der Waals surface area contributed by atoms with Gasteiger partial charge in [-0.1, -0.05) is 111 Å². The zero-order valence-corrected chi connectivity index (χ0v) is 47.3. The largest absolute Gasteiger partial charge is 0.393 e. The van der Waals surface area contributed by atoms with Gasteiger partial charge in [-0.15, -0.1) is 11.3 Å². The first-order valence-corrected chi connectivity index (χ1v) is 28.1. The number of aliphatic hydroxyl groups excluding tert-OH is 1. The third-order valence-electron chi connectivity index (χ3n) is 15.6. The van der Waals surface area contributed by atoms with Gasteiger partial charge in [0.2, 0.25) is 5.91 Å². The first kappa shape index (κ1) is 58.4. The molecule has 3 fully saturated rings. The summed E-state index contributed by atoms with van der Waals surface area (Å²) in [6.07, 6.45) is 1.16. The first-order valence-electron chi connectivity index (χ1n) is 27.2. The Labute approximate surface area is 457 Å². The molecule has 3 aliphatic carbocycles. The summed E-state index contributed by atoms with van der Waals surface area (Å²) < 4.78 is 0. The SMILES string of the molecule is CC(C)c1cccc2c1C(=O)N(C1CCC(=O)CC1=O)C2=O.CC(C)c1cccc2c1CN(C1CCC(=O)CC1=O)C2=O.Cc1ccsc1-c1ccc([C@H](C)NC(=O)[C@@H]2C[C@@H](O)CC2C(=O)[C@H](NC(C)C)C(C)(C)C)cc1. The second-order valence-corrected chi connectivity index (χ2v) is 24.4. The van der Waals surface area contributed by atoms with Crippen LogP contribution in [0.5, 0.6) is 0 Å². The molecule has 4 aromatic rings. The number of carbonyl (C=O) groups excluding carboxylic acids is 9. The molecule has 0 saturated heterocycles. The molecule has 4 amide bonds. The number of fused-ring (bicyclic) bond motifs is 2. The van der Waals surface area contributed by atoms with E-state index >= 15 is 0 Å². The molecule has 1 aromatic heterocycles. The molecule has 0 bridgehead atoms. The average molecular weight is 1070 g/mol. The van der Waals surface area contributed by atoms with Crippen LogP contribution in [0, 0.1) is 24.2 Å². The fourth-order valence-electron chi connectivity index (χ4n) is 11.5. The van der Waals surface area contributed by atoms with Gasteiger partial charge in [0.25, 0.3) is 17.7 Å². The Morgan fingerprint density at radius 1 is 0.688 bits per heavy atom. The molecule has 3 saturated carbocycles. The fraction of sp³-hybridized carbons (Fsp3) is 0.500. The lowest BCUT2D eigenvalue weighted by Gasteiger charge is -2.35. The van der Waals surface area contributed by atoms with Crippen molar-refractivity contribution in [2.45, 2.75) is 182 Å². The number of hydrogen-bond acceptors (Lipinski definition) is 12. The Hall–Kier alpha value is -6.29. The van der Waals surface area contributed by atoms with Crippen LogP contribution in [0.15, 0.2) is 72.1 Å². The maximum Gasteiger partial charge on any atom is 0.262 e. The van der Waals surface area contributed by atoms with Crippen LogP contribution in [0.3, 0.4) is 0 Å². The number of benzene rings is 3. The van der Waals surface area contributed by atoms with Crippen molar-refractivity contribution in [3.63, 3.8) is 0 Å². The van der Waals surface area contributed by atoms with Gasteiger partial charge in [-0.05, 0) is 114 Å². The van der Waals surface area contributed by atoms with E-state index < -0.39 is 41.8 Å². The summed E-state index contributed by atoms with van der Waals surface area (Å²) in [5, 5.41) is 19.0.